The molecule has 0 radical (unpaired) electrons. The van der Waals surface area contributed by atoms with Crippen LogP contribution in [-0.2, 0) is 13.0 Å². The lowest BCUT2D eigenvalue weighted by atomic mass is 10.00. The molecule has 5 rings (SSSR count). The van der Waals surface area contributed by atoms with E-state index < -0.39 is 0 Å². The maximum Gasteiger partial charge on any atom is 0.344 e. The van der Waals surface area contributed by atoms with E-state index in [2.05, 4.69) is 11.0 Å². The summed E-state index contributed by atoms with van der Waals surface area (Å²) in [5, 5.41) is 3.76. The van der Waals surface area contributed by atoms with Crippen molar-refractivity contribution >= 4 is 44.9 Å². The number of benzene rings is 3. The highest BCUT2D eigenvalue weighted by molar-refractivity contribution is 6.35. The molecule has 0 amide bonds. The summed E-state index contributed by atoms with van der Waals surface area (Å²) < 4.78 is 11.7. The third kappa shape index (κ3) is 3.35. The van der Waals surface area contributed by atoms with Crippen molar-refractivity contribution in [2.24, 2.45) is 0 Å². The highest BCUT2D eigenvalue weighted by atomic mass is 35.5. The van der Waals surface area contributed by atoms with E-state index >= 15 is 0 Å². The molecule has 0 N–H and O–H groups in total. The molecule has 30 heavy (non-hydrogen) atoms. The summed E-state index contributed by atoms with van der Waals surface area (Å²) in [5.74, 6) is 0.807. The van der Waals surface area contributed by atoms with Gasteiger partial charge in [-0.2, -0.15) is 0 Å². The number of fused-ring (bicyclic) bond motifs is 4. The maximum absolute atomic E-state index is 12.4. The van der Waals surface area contributed by atoms with Gasteiger partial charge in [-0.15, -0.1) is 0 Å². The van der Waals surface area contributed by atoms with Crippen molar-refractivity contribution in [3.63, 3.8) is 0 Å². The van der Waals surface area contributed by atoms with Crippen molar-refractivity contribution in [3.8, 4) is 5.75 Å². The second-order valence-electron chi connectivity index (χ2n) is 7.61. The van der Waals surface area contributed by atoms with Gasteiger partial charge in [0.1, 0.15) is 18.1 Å². The topological polar surface area (TPSA) is 42.7 Å². The monoisotopic (exact) mass is 439 g/mol. The van der Waals surface area contributed by atoms with Crippen molar-refractivity contribution in [1.29, 1.82) is 0 Å². The van der Waals surface area contributed by atoms with Gasteiger partial charge < -0.3 is 9.15 Å². The molecule has 0 fully saturated rings. The fourth-order valence-electron chi connectivity index (χ4n) is 4.13. The van der Waals surface area contributed by atoms with Gasteiger partial charge in [0.2, 0.25) is 0 Å². The Morgan fingerprint density at radius 3 is 2.63 bits per heavy atom. The Labute approximate surface area is 183 Å². The smallest absolute Gasteiger partial charge is 0.344 e. The Balaban J connectivity index is 1.48. The predicted octanol–water partition coefficient (Wildman–Crippen LogP) is 5.96. The average Bonchev–Trinajstić information content (AvgIpc) is 2.74. The summed E-state index contributed by atoms with van der Waals surface area (Å²) in [6.07, 6.45) is 0.805. The maximum atomic E-state index is 12.4. The van der Waals surface area contributed by atoms with Crippen LogP contribution in [0.15, 0.2) is 57.7 Å². The van der Waals surface area contributed by atoms with Crippen LogP contribution >= 0.6 is 23.2 Å². The lowest BCUT2D eigenvalue weighted by Gasteiger charge is -2.30. The third-order valence-electron chi connectivity index (χ3n) is 5.67. The van der Waals surface area contributed by atoms with E-state index in [0.717, 1.165) is 52.7 Å². The number of halogens is 2. The Morgan fingerprint density at radius 1 is 1.03 bits per heavy atom. The summed E-state index contributed by atoms with van der Waals surface area (Å²) in [7, 11) is 0. The van der Waals surface area contributed by atoms with Gasteiger partial charge in [-0.25, -0.2) is 4.79 Å². The van der Waals surface area contributed by atoms with Gasteiger partial charge in [-0.05, 0) is 48.6 Å². The fraction of sp³-hybridized carbons (Fsp3) is 0.208. The Kier molecular flexibility index (Phi) is 4.94. The Morgan fingerprint density at radius 2 is 1.83 bits per heavy atom. The molecule has 0 spiro atoms. The number of rotatable bonds is 3. The molecule has 3 aromatic carbocycles. The van der Waals surface area contributed by atoms with E-state index in [4.69, 9.17) is 32.4 Å². The van der Waals surface area contributed by atoms with Crippen molar-refractivity contribution in [2.45, 2.75) is 19.9 Å². The van der Waals surface area contributed by atoms with Crippen LogP contribution in [0.5, 0.6) is 5.75 Å². The molecule has 0 bridgehead atoms. The molecular weight excluding hydrogens is 421 g/mol. The first-order valence-corrected chi connectivity index (χ1v) is 10.5. The summed E-state index contributed by atoms with van der Waals surface area (Å²) in [6, 6.07) is 15.2. The molecule has 0 saturated heterocycles. The molecule has 152 valence electrons. The third-order valence-corrected chi connectivity index (χ3v) is 6.25. The largest absolute Gasteiger partial charge is 0.477 e. The lowest BCUT2D eigenvalue weighted by molar-refractivity contribution is 0.0959. The van der Waals surface area contributed by atoms with Gasteiger partial charge in [0.05, 0.1) is 5.39 Å². The molecule has 0 saturated carbocycles. The van der Waals surface area contributed by atoms with Crippen molar-refractivity contribution < 1.29 is 9.15 Å². The molecule has 6 heteroatoms. The van der Waals surface area contributed by atoms with Gasteiger partial charge in [0.15, 0.2) is 0 Å². The molecule has 4 aromatic rings. The fourth-order valence-corrected chi connectivity index (χ4v) is 4.64. The summed E-state index contributed by atoms with van der Waals surface area (Å²) >= 11 is 12.3. The first-order chi connectivity index (χ1) is 14.5. The highest BCUT2D eigenvalue weighted by Crippen LogP contribution is 2.37. The van der Waals surface area contributed by atoms with Crippen molar-refractivity contribution in [2.75, 3.05) is 13.3 Å². The highest BCUT2D eigenvalue weighted by Gasteiger charge is 2.23. The second kappa shape index (κ2) is 7.62. The van der Waals surface area contributed by atoms with E-state index in [1.54, 1.807) is 12.1 Å². The van der Waals surface area contributed by atoms with Crippen molar-refractivity contribution in [3.05, 3.63) is 85.7 Å². The van der Waals surface area contributed by atoms with Gasteiger partial charge in [-0.3, -0.25) is 4.90 Å². The summed E-state index contributed by atoms with van der Waals surface area (Å²) in [5.41, 5.74) is 3.30. The van der Waals surface area contributed by atoms with E-state index in [1.165, 1.54) is 0 Å². The van der Waals surface area contributed by atoms with Gasteiger partial charge in [0, 0.05) is 39.6 Å². The zero-order chi connectivity index (χ0) is 20.8. The summed E-state index contributed by atoms with van der Waals surface area (Å²) in [4.78, 5) is 14.6. The van der Waals surface area contributed by atoms with E-state index in [1.807, 2.05) is 37.3 Å². The van der Waals surface area contributed by atoms with Crippen LogP contribution in [-0.4, -0.2) is 18.2 Å². The van der Waals surface area contributed by atoms with Crippen LogP contribution in [0.1, 0.15) is 16.7 Å². The molecule has 0 atom stereocenters. The zero-order valence-electron chi connectivity index (χ0n) is 16.4. The number of ether oxygens (including phenoxy) is 1. The molecule has 0 unspecified atom stereocenters. The molecule has 1 aliphatic heterocycles. The second-order valence-corrected chi connectivity index (χ2v) is 8.46. The van der Waals surface area contributed by atoms with E-state index in [0.29, 0.717) is 27.7 Å². The zero-order valence-corrected chi connectivity index (χ0v) is 17.9. The van der Waals surface area contributed by atoms with Crippen LogP contribution in [0.4, 0.5) is 0 Å². The molecule has 2 heterocycles. The first-order valence-electron chi connectivity index (χ1n) is 9.78. The van der Waals surface area contributed by atoms with Gasteiger partial charge in [0.25, 0.3) is 0 Å². The van der Waals surface area contributed by atoms with E-state index in [-0.39, 0.29) is 5.63 Å². The molecular formula is C24H19Cl2NO3. The standard InChI is InChI=1S/C24H19Cl2NO3/c1-14-22-16(10-20-18-4-2-3-5-19(18)24(28)30-23(14)20)12-27(13-29-22)9-8-15-6-7-17(25)11-21(15)26/h2-7,10-11H,8-9,12-13H2,1H3. The first kappa shape index (κ1) is 19.4. The molecule has 4 nitrogen and oxygen atoms in total. The average molecular weight is 440 g/mol. The number of nitrogens with zero attached hydrogens (tertiary/aromatic N) is 1. The summed E-state index contributed by atoms with van der Waals surface area (Å²) in [6.45, 7) is 3.98. The molecule has 0 aliphatic carbocycles. The van der Waals surface area contributed by atoms with Gasteiger partial charge >= 0.3 is 5.63 Å². The van der Waals surface area contributed by atoms with Crippen LogP contribution in [0.2, 0.25) is 10.0 Å². The Hall–Kier alpha value is -2.53. The van der Waals surface area contributed by atoms with Crippen LogP contribution in [0, 0.1) is 6.92 Å². The van der Waals surface area contributed by atoms with Crippen molar-refractivity contribution in [1.82, 2.24) is 4.90 Å². The van der Waals surface area contributed by atoms with Crippen LogP contribution in [0.3, 0.4) is 0 Å². The minimum atomic E-state index is -0.321. The van der Waals surface area contributed by atoms with Crippen LogP contribution < -0.4 is 10.4 Å². The number of aryl methyl sites for hydroxylation is 1. The SMILES string of the molecule is Cc1c2c(cc3c1oc(=O)c1ccccc13)CN(CCc1ccc(Cl)cc1Cl)CO2. The minimum Gasteiger partial charge on any atom is -0.477 e. The van der Waals surface area contributed by atoms with Crippen LogP contribution in [0.25, 0.3) is 21.7 Å². The Bertz CT molecular complexity index is 1350. The lowest BCUT2D eigenvalue weighted by Crippen LogP contribution is -2.34. The normalized spacial score (nSPS) is 14.1. The van der Waals surface area contributed by atoms with Gasteiger partial charge in [-0.1, -0.05) is 47.5 Å². The molecule has 1 aliphatic rings. The minimum absolute atomic E-state index is 0.321. The number of hydrogen-bond donors (Lipinski definition) is 0. The van der Waals surface area contributed by atoms with E-state index in [9.17, 15) is 4.79 Å². The molecule has 1 aromatic heterocycles. The predicted molar refractivity (Wildman–Crippen MR) is 121 cm³/mol. The quantitative estimate of drug-likeness (QED) is 0.291. The number of hydrogen-bond acceptors (Lipinski definition) is 4.